The fourth-order valence-electron chi connectivity index (χ4n) is 4.08. The summed E-state index contributed by atoms with van der Waals surface area (Å²) in [6.07, 6.45) is 1.89. The Morgan fingerprint density at radius 2 is 1.97 bits per heavy atom. The number of carbonyl (C=O) groups excluding carboxylic acids is 1. The van der Waals surface area contributed by atoms with Crippen LogP contribution in [0.2, 0.25) is 0 Å². The molecule has 160 valence electrons. The summed E-state index contributed by atoms with van der Waals surface area (Å²) in [5.41, 5.74) is 1.70. The molecule has 0 unspecified atom stereocenters. The second kappa shape index (κ2) is 8.33. The molecular weight excluding hydrogens is 440 g/mol. The monoisotopic (exact) mass is 460 g/mol. The first-order valence-corrected chi connectivity index (χ1v) is 12.0. The number of aromatic nitrogens is 1. The second-order valence-corrected chi connectivity index (χ2v) is 9.37. The smallest absolute Gasteiger partial charge is 0.338 e. The molecular formula is C25H20N2O3S2. The molecule has 2 aromatic heterocycles. The van der Waals surface area contributed by atoms with Crippen LogP contribution in [-0.4, -0.2) is 17.1 Å². The average molecular weight is 461 g/mol. The van der Waals surface area contributed by atoms with E-state index in [9.17, 15) is 9.59 Å². The topological polar surface area (TPSA) is 60.7 Å². The van der Waals surface area contributed by atoms with Crippen LogP contribution in [0.3, 0.4) is 0 Å². The summed E-state index contributed by atoms with van der Waals surface area (Å²) in [5.74, 6) is -0.445. The molecule has 0 spiro atoms. The lowest BCUT2D eigenvalue weighted by atomic mass is 9.91. The van der Waals surface area contributed by atoms with Crippen LogP contribution in [0.5, 0.6) is 0 Å². The summed E-state index contributed by atoms with van der Waals surface area (Å²) >= 11 is 2.92. The molecule has 0 saturated heterocycles. The molecule has 4 aromatic rings. The highest BCUT2D eigenvalue weighted by Crippen LogP contribution is 2.34. The molecule has 0 N–H and O–H groups in total. The zero-order chi connectivity index (χ0) is 22.2. The predicted octanol–water partition coefficient (Wildman–Crippen LogP) is 4.01. The Morgan fingerprint density at radius 1 is 1.16 bits per heavy atom. The second-order valence-electron chi connectivity index (χ2n) is 7.39. The summed E-state index contributed by atoms with van der Waals surface area (Å²) in [4.78, 5) is 32.9. The van der Waals surface area contributed by atoms with Crippen LogP contribution in [0.4, 0.5) is 0 Å². The third-order valence-electron chi connectivity index (χ3n) is 5.45. The number of ether oxygens (including phenoxy) is 1. The van der Waals surface area contributed by atoms with E-state index in [1.807, 2.05) is 66.1 Å². The van der Waals surface area contributed by atoms with Gasteiger partial charge in [0.25, 0.3) is 5.56 Å². The number of benzene rings is 2. The van der Waals surface area contributed by atoms with Gasteiger partial charge in [0, 0.05) is 4.88 Å². The van der Waals surface area contributed by atoms with Gasteiger partial charge in [0.15, 0.2) is 4.80 Å². The van der Waals surface area contributed by atoms with Gasteiger partial charge in [-0.15, -0.1) is 11.3 Å². The van der Waals surface area contributed by atoms with E-state index < -0.39 is 12.0 Å². The van der Waals surface area contributed by atoms with Crippen LogP contribution in [0, 0.1) is 0 Å². The maximum Gasteiger partial charge on any atom is 0.338 e. The maximum absolute atomic E-state index is 13.6. The summed E-state index contributed by atoms with van der Waals surface area (Å²) in [5, 5.41) is 4.01. The highest BCUT2D eigenvalue weighted by atomic mass is 32.1. The number of thiazole rings is 1. The van der Waals surface area contributed by atoms with Crippen LogP contribution >= 0.6 is 22.7 Å². The third-order valence-corrected chi connectivity index (χ3v) is 7.25. The Bertz CT molecular complexity index is 1540. The molecule has 0 amide bonds. The van der Waals surface area contributed by atoms with E-state index in [1.54, 1.807) is 29.8 Å². The number of hydrogen-bond acceptors (Lipinski definition) is 6. The number of fused-ring (bicyclic) bond motifs is 2. The van der Waals surface area contributed by atoms with Crippen molar-refractivity contribution in [2.24, 2.45) is 4.99 Å². The number of rotatable bonds is 4. The largest absolute Gasteiger partial charge is 0.463 e. The van der Waals surface area contributed by atoms with Crippen LogP contribution in [0.1, 0.15) is 30.3 Å². The van der Waals surface area contributed by atoms with E-state index in [-0.39, 0.29) is 12.2 Å². The number of thiophene rings is 1. The molecule has 32 heavy (non-hydrogen) atoms. The maximum atomic E-state index is 13.6. The first-order chi connectivity index (χ1) is 15.6. The van der Waals surface area contributed by atoms with Gasteiger partial charge < -0.3 is 4.74 Å². The number of allylic oxidation sites excluding steroid dienone is 1. The molecule has 0 radical (unpaired) electrons. The molecule has 1 aliphatic heterocycles. The lowest BCUT2D eigenvalue weighted by Crippen LogP contribution is -2.40. The minimum Gasteiger partial charge on any atom is -0.463 e. The summed E-state index contributed by atoms with van der Waals surface area (Å²) in [7, 11) is 0. The molecule has 3 heterocycles. The molecule has 2 aromatic carbocycles. The van der Waals surface area contributed by atoms with Gasteiger partial charge in [-0.3, -0.25) is 9.36 Å². The number of hydrogen-bond donors (Lipinski definition) is 0. The fourth-order valence-corrected chi connectivity index (χ4v) is 5.85. The lowest BCUT2D eigenvalue weighted by molar-refractivity contribution is -0.139. The standard InChI is InChI=1S/C25H20N2O3S2/c1-3-30-24(29)21-15(2)26-25-27(23(28)20(32-25)14-17-10-7-13-31-17)22(21)19-12-6-9-16-8-4-5-11-18(16)19/h4-14,22H,3H2,1-2H3/b20-14-/t22-/m0/s1. The minimum atomic E-state index is -0.609. The average Bonchev–Trinajstić information content (AvgIpc) is 3.41. The van der Waals surface area contributed by atoms with Crippen molar-refractivity contribution >= 4 is 45.5 Å². The van der Waals surface area contributed by atoms with Crippen molar-refractivity contribution < 1.29 is 9.53 Å². The first-order valence-electron chi connectivity index (χ1n) is 10.3. The molecule has 7 heteroatoms. The Morgan fingerprint density at radius 3 is 2.75 bits per heavy atom. The molecule has 1 atom stereocenters. The van der Waals surface area contributed by atoms with Crippen molar-refractivity contribution in [3.05, 3.63) is 101 Å². The zero-order valence-corrected chi connectivity index (χ0v) is 19.2. The normalized spacial score (nSPS) is 16.2. The van der Waals surface area contributed by atoms with Gasteiger partial charge in [0.2, 0.25) is 0 Å². The van der Waals surface area contributed by atoms with E-state index in [0.717, 1.165) is 21.2 Å². The van der Waals surface area contributed by atoms with E-state index in [1.165, 1.54) is 11.3 Å². The minimum absolute atomic E-state index is 0.158. The highest BCUT2D eigenvalue weighted by molar-refractivity contribution is 7.11. The fraction of sp³-hybridized carbons (Fsp3) is 0.160. The Labute approximate surface area is 192 Å². The van der Waals surface area contributed by atoms with Crippen molar-refractivity contribution in [3.63, 3.8) is 0 Å². The van der Waals surface area contributed by atoms with Crippen molar-refractivity contribution in [1.29, 1.82) is 0 Å². The van der Waals surface area contributed by atoms with Crippen LogP contribution in [0.15, 0.2) is 81.0 Å². The molecule has 1 aliphatic rings. The lowest BCUT2D eigenvalue weighted by Gasteiger charge is -2.25. The highest BCUT2D eigenvalue weighted by Gasteiger charge is 2.34. The van der Waals surface area contributed by atoms with Crippen LogP contribution in [0.25, 0.3) is 16.8 Å². The molecule has 0 bridgehead atoms. The molecule has 0 aliphatic carbocycles. The van der Waals surface area contributed by atoms with E-state index in [0.29, 0.717) is 20.6 Å². The number of carbonyl (C=O) groups is 1. The summed E-state index contributed by atoms with van der Waals surface area (Å²) in [6, 6.07) is 17.3. The van der Waals surface area contributed by atoms with Crippen molar-refractivity contribution in [1.82, 2.24) is 4.57 Å². The van der Waals surface area contributed by atoms with Gasteiger partial charge >= 0.3 is 5.97 Å². The van der Waals surface area contributed by atoms with Crippen molar-refractivity contribution in [3.8, 4) is 0 Å². The van der Waals surface area contributed by atoms with Gasteiger partial charge in [-0.05, 0) is 47.7 Å². The van der Waals surface area contributed by atoms with E-state index in [4.69, 9.17) is 4.74 Å². The van der Waals surface area contributed by atoms with Gasteiger partial charge in [-0.2, -0.15) is 0 Å². The number of nitrogens with zero attached hydrogens (tertiary/aromatic N) is 2. The Balaban J connectivity index is 1.83. The molecule has 5 nitrogen and oxygen atoms in total. The quantitative estimate of drug-likeness (QED) is 0.432. The van der Waals surface area contributed by atoms with E-state index >= 15 is 0 Å². The van der Waals surface area contributed by atoms with Gasteiger partial charge in [0.1, 0.15) is 0 Å². The summed E-state index contributed by atoms with van der Waals surface area (Å²) in [6.45, 7) is 3.83. The first kappa shape index (κ1) is 20.6. The third kappa shape index (κ3) is 3.43. The number of esters is 1. The SMILES string of the molecule is CCOC(=O)C1=C(C)N=c2s/c(=C\c3cccs3)c(=O)n2[C@H]1c1cccc2ccccc12. The Hall–Kier alpha value is -3.29. The predicted molar refractivity (Wildman–Crippen MR) is 129 cm³/mol. The van der Waals surface area contributed by atoms with Crippen molar-refractivity contribution in [2.75, 3.05) is 6.61 Å². The Kier molecular flexibility index (Phi) is 5.36. The molecule has 0 saturated carbocycles. The van der Waals surface area contributed by atoms with Crippen molar-refractivity contribution in [2.45, 2.75) is 19.9 Å². The van der Waals surface area contributed by atoms with Crippen LogP contribution in [-0.2, 0) is 9.53 Å². The zero-order valence-electron chi connectivity index (χ0n) is 17.6. The molecule has 5 rings (SSSR count). The molecule has 0 fully saturated rings. The van der Waals surface area contributed by atoms with E-state index in [2.05, 4.69) is 4.99 Å². The van der Waals surface area contributed by atoms with Gasteiger partial charge in [-0.1, -0.05) is 59.9 Å². The van der Waals surface area contributed by atoms with Gasteiger partial charge in [0.05, 0.1) is 28.5 Å². The summed E-state index contributed by atoms with van der Waals surface area (Å²) < 4.78 is 7.62. The van der Waals surface area contributed by atoms with Gasteiger partial charge in [-0.25, -0.2) is 9.79 Å². The van der Waals surface area contributed by atoms with Crippen LogP contribution < -0.4 is 14.9 Å².